The van der Waals surface area contributed by atoms with Gasteiger partial charge in [0.25, 0.3) is 5.91 Å². The van der Waals surface area contributed by atoms with Crippen LogP contribution in [0.25, 0.3) is 11.0 Å². The summed E-state index contributed by atoms with van der Waals surface area (Å²) in [5.41, 5.74) is 1.17. The molecule has 1 aromatic heterocycles. The first-order chi connectivity index (χ1) is 18.0. The average molecular weight is 507 g/mol. The largest absolute Gasteiger partial charge is 0.503 e. The van der Waals surface area contributed by atoms with Crippen LogP contribution in [0.1, 0.15) is 28.6 Å². The topological polar surface area (TPSA) is 102 Å². The van der Waals surface area contributed by atoms with Gasteiger partial charge in [0.15, 0.2) is 23.0 Å². The van der Waals surface area contributed by atoms with E-state index >= 15 is 0 Å². The van der Waals surface area contributed by atoms with Crippen molar-refractivity contribution in [3.8, 4) is 11.5 Å². The molecule has 0 radical (unpaired) electrons. The number of hydrogen-bond acceptors (Lipinski definition) is 8. The Balaban J connectivity index is 1.49. The minimum absolute atomic E-state index is 0.0114. The third-order valence-corrected chi connectivity index (χ3v) is 6.90. The number of methoxy groups -OCH3 is 2. The SMILES string of the molecule is COc1ccc([C@H]2C(C(=O)c3cc4ccccc4o3)=C(O)C(=O)N2CCCN2CCOCC2)cc1OC. The fourth-order valence-electron chi connectivity index (χ4n) is 5.00. The van der Waals surface area contributed by atoms with E-state index in [1.54, 1.807) is 35.2 Å². The van der Waals surface area contributed by atoms with Crippen LogP contribution in [-0.4, -0.2) is 80.2 Å². The highest BCUT2D eigenvalue weighted by Crippen LogP contribution is 2.42. The monoisotopic (exact) mass is 506 g/mol. The van der Waals surface area contributed by atoms with Gasteiger partial charge in [0.2, 0.25) is 5.78 Å². The molecule has 37 heavy (non-hydrogen) atoms. The highest BCUT2D eigenvalue weighted by Gasteiger charge is 2.44. The van der Waals surface area contributed by atoms with Crippen LogP contribution in [-0.2, 0) is 9.53 Å². The molecule has 9 nitrogen and oxygen atoms in total. The van der Waals surface area contributed by atoms with Gasteiger partial charge in [-0.3, -0.25) is 14.5 Å². The number of ketones is 1. The van der Waals surface area contributed by atoms with Gasteiger partial charge in [0.05, 0.1) is 39.0 Å². The zero-order chi connectivity index (χ0) is 25.9. The summed E-state index contributed by atoms with van der Waals surface area (Å²) >= 11 is 0. The molecule has 0 saturated carbocycles. The summed E-state index contributed by atoms with van der Waals surface area (Å²) in [6.07, 6.45) is 0.676. The summed E-state index contributed by atoms with van der Waals surface area (Å²) < 4.78 is 22.1. The molecular weight excluding hydrogens is 476 g/mol. The van der Waals surface area contributed by atoms with Crippen molar-refractivity contribution in [1.82, 2.24) is 9.80 Å². The van der Waals surface area contributed by atoms with Gasteiger partial charge in [-0.2, -0.15) is 0 Å². The Labute approximate surface area is 214 Å². The summed E-state index contributed by atoms with van der Waals surface area (Å²) in [6.45, 7) is 4.19. The molecule has 0 spiro atoms. The maximum atomic E-state index is 13.7. The van der Waals surface area contributed by atoms with Crippen LogP contribution in [0.4, 0.5) is 0 Å². The van der Waals surface area contributed by atoms with Gasteiger partial charge < -0.3 is 28.6 Å². The molecule has 2 aromatic carbocycles. The number of fused-ring (bicyclic) bond motifs is 1. The number of ether oxygens (including phenoxy) is 3. The van der Waals surface area contributed by atoms with E-state index in [1.807, 2.05) is 18.2 Å². The molecule has 1 N–H and O–H groups in total. The lowest BCUT2D eigenvalue weighted by Crippen LogP contribution is -2.39. The predicted octanol–water partition coefficient (Wildman–Crippen LogP) is 3.75. The standard InChI is InChI=1S/C28H30N2O7/c1-34-21-9-8-19(17-22(21)35-2)25-24(26(31)23-16-18-6-3-4-7-20(18)37-23)27(32)28(33)30(25)11-5-10-29-12-14-36-15-13-29/h3-4,6-9,16-17,25,32H,5,10-15H2,1-2H3/t25-/m0/s1. The van der Waals surface area contributed by atoms with Crippen molar-refractivity contribution >= 4 is 22.7 Å². The predicted molar refractivity (Wildman–Crippen MR) is 136 cm³/mol. The van der Waals surface area contributed by atoms with E-state index in [1.165, 1.54) is 14.2 Å². The number of carbonyl (C=O) groups excluding carboxylic acids is 2. The van der Waals surface area contributed by atoms with Crippen molar-refractivity contribution in [3.63, 3.8) is 0 Å². The lowest BCUT2D eigenvalue weighted by molar-refractivity contribution is -0.129. The number of hydrogen-bond donors (Lipinski definition) is 1. The van der Waals surface area contributed by atoms with E-state index in [0.717, 1.165) is 25.0 Å². The van der Waals surface area contributed by atoms with Crippen LogP contribution in [0, 0.1) is 0 Å². The molecule has 0 bridgehead atoms. The molecule has 1 amide bonds. The lowest BCUT2D eigenvalue weighted by atomic mass is 9.94. The van der Waals surface area contributed by atoms with Gasteiger partial charge >= 0.3 is 0 Å². The second kappa shape index (κ2) is 10.7. The van der Waals surface area contributed by atoms with E-state index in [-0.39, 0.29) is 11.3 Å². The molecule has 0 unspecified atom stereocenters. The Kier molecular flexibility index (Phi) is 7.16. The normalized spacial score (nSPS) is 18.6. The van der Waals surface area contributed by atoms with Gasteiger partial charge in [0, 0.05) is 31.6 Å². The number of para-hydroxylation sites is 1. The van der Waals surface area contributed by atoms with Gasteiger partial charge in [-0.1, -0.05) is 24.3 Å². The first-order valence-electron chi connectivity index (χ1n) is 12.3. The minimum Gasteiger partial charge on any atom is -0.503 e. The number of furan rings is 1. The Morgan fingerprint density at radius 2 is 1.78 bits per heavy atom. The van der Waals surface area contributed by atoms with Crippen LogP contribution in [0.2, 0.25) is 0 Å². The fourth-order valence-corrected chi connectivity index (χ4v) is 5.00. The third-order valence-electron chi connectivity index (χ3n) is 6.90. The first kappa shape index (κ1) is 24.9. The number of rotatable bonds is 9. The summed E-state index contributed by atoms with van der Waals surface area (Å²) in [6, 6.07) is 13.3. The number of amides is 1. The molecule has 0 aliphatic carbocycles. The van der Waals surface area contributed by atoms with E-state index in [2.05, 4.69) is 4.90 Å². The van der Waals surface area contributed by atoms with Crippen molar-refractivity contribution < 1.29 is 33.3 Å². The molecular formula is C28H30N2O7. The molecule has 3 aromatic rings. The molecule has 9 heteroatoms. The Hall–Kier alpha value is -3.82. The zero-order valence-electron chi connectivity index (χ0n) is 20.9. The molecule has 1 fully saturated rings. The van der Waals surface area contributed by atoms with Crippen LogP contribution < -0.4 is 9.47 Å². The molecule has 3 heterocycles. The van der Waals surface area contributed by atoms with Crippen molar-refractivity contribution in [2.75, 3.05) is 53.6 Å². The number of aliphatic hydroxyl groups is 1. The average Bonchev–Trinajstić information content (AvgIpc) is 3.48. The molecule has 194 valence electrons. The van der Waals surface area contributed by atoms with Crippen LogP contribution >= 0.6 is 0 Å². The lowest BCUT2D eigenvalue weighted by Gasteiger charge is -2.30. The highest BCUT2D eigenvalue weighted by atomic mass is 16.5. The van der Waals surface area contributed by atoms with Crippen LogP contribution in [0.5, 0.6) is 11.5 Å². The molecule has 2 aliphatic rings. The Morgan fingerprint density at radius 3 is 2.51 bits per heavy atom. The summed E-state index contributed by atoms with van der Waals surface area (Å²) in [4.78, 5) is 30.9. The number of benzene rings is 2. The van der Waals surface area contributed by atoms with Crippen LogP contribution in [0.15, 0.2) is 64.3 Å². The summed E-state index contributed by atoms with van der Waals surface area (Å²) in [5, 5.41) is 11.7. The van der Waals surface area contributed by atoms with E-state index in [0.29, 0.717) is 48.8 Å². The summed E-state index contributed by atoms with van der Waals surface area (Å²) in [5.74, 6) is -0.623. The van der Waals surface area contributed by atoms with Gasteiger partial charge in [0.1, 0.15) is 5.58 Å². The minimum atomic E-state index is -0.808. The molecule has 1 atom stereocenters. The third kappa shape index (κ3) is 4.80. The van der Waals surface area contributed by atoms with Gasteiger partial charge in [-0.15, -0.1) is 0 Å². The quantitative estimate of drug-likeness (QED) is 0.438. The van der Waals surface area contributed by atoms with E-state index in [9.17, 15) is 14.7 Å². The van der Waals surface area contributed by atoms with Crippen LogP contribution in [0.3, 0.4) is 0 Å². The number of morpholine rings is 1. The molecule has 5 rings (SSSR count). The fraction of sp³-hybridized carbons (Fsp3) is 0.357. The number of nitrogens with zero attached hydrogens (tertiary/aromatic N) is 2. The van der Waals surface area contributed by atoms with E-state index < -0.39 is 23.5 Å². The number of aliphatic hydroxyl groups excluding tert-OH is 1. The van der Waals surface area contributed by atoms with Gasteiger partial charge in [-0.05, 0) is 36.2 Å². The Morgan fingerprint density at radius 1 is 1.03 bits per heavy atom. The van der Waals surface area contributed by atoms with Crippen molar-refractivity contribution in [3.05, 3.63) is 71.2 Å². The molecule has 2 aliphatic heterocycles. The smallest absolute Gasteiger partial charge is 0.290 e. The Bertz CT molecular complexity index is 1310. The van der Waals surface area contributed by atoms with Crippen molar-refractivity contribution in [2.45, 2.75) is 12.5 Å². The van der Waals surface area contributed by atoms with E-state index in [4.69, 9.17) is 18.6 Å². The first-order valence-corrected chi connectivity index (χ1v) is 12.3. The molecule has 1 saturated heterocycles. The summed E-state index contributed by atoms with van der Waals surface area (Å²) in [7, 11) is 3.06. The second-order valence-corrected chi connectivity index (χ2v) is 9.06. The van der Waals surface area contributed by atoms with Crippen molar-refractivity contribution in [1.29, 1.82) is 0 Å². The second-order valence-electron chi connectivity index (χ2n) is 9.06. The highest BCUT2D eigenvalue weighted by molar-refractivity contribution is 6.16. The zero-order valence-corrected chi connectivity index (χ0v) is 20.9. The maximum absolute atomic E-state index is 13.7. The van der Waals surface area contributed by atoms with Gasteiger partial charge in [-0.25, -0.2) is 0 Å². The van der Waals surface area contributed by atoms with Crippen molar-refractivity contribution in [2.24, 2.45) is 0 Å². The number of Topliss-reactive ketones (excluding diaryl/α,β-unsaturated/α-hetero) is 1. The number of carbonyl (C=O) groups is 2. The maximum Gasteiger partial charge on any atom is 0.290 e.